The predicted molar refractivity (Wildman–Crippen MR) is 139 cm³/mol. The summed E-state index contributed by atoms with van der Waals surface area (Å²) in [6, 6.07) is 18.4. The molecule has 1 fully saturated rings. The van der Waals surface area contributed by atoms with Gasteiger partial charge in [0.2, 0.25) is 0 Å². The fourth-order valence-electron chi connectivity index (χ4n) is 5.59. The molecule has 8 heteroatoms. The lowest BCUT2D eigenvalue weighted by Crippen LogP contribution is -2.37. The number of hydrogen-bond donors (Lipinski definition) is 0. The Morgan fingerprint density at radius 2 is 1.73 bits per heavy atom. The maximum Gasteiger partial charge on any atom is 0.280 e. The van der Waals surface area contributed by atoms with E-state index in [1.807, 2.05) is 35.2 Å². The van der Waals surface area contributed by atoms with Gasteiger partial charge in [0, 0.05) is 23.2 Å². The zero-order valence-corrected chi connectivity index (χ0v) is 20.7. The number of Topliss-reactive ketones (excluding diaryl/α,β-unsaturated/α-hetero) is 1. The summed E-state index contributed by atoms with van der Waals surface area (Å²) in [5.74, 6) is 0.318. The third-order valence-electron chi connectivity index (χ3n) is 7.56. The molecule has 0 spiro atoms. The van der Waals surface area contributed by atoms with Crippen LogP contribution in [0.3, 0.4) is 0 Å². The molecule has 0 unspecified atom stereocenters. The maximum atomic E-state index is 13.8. The largest absolute Gasteiger partial charge is 0.497 e. The second kappa shape index (κ2) is 9.35. The van der Waals surface area contributed by atoms with Crippen molar-refractivity contribution in [3.8, 4) is 17.0 Å². The van der Waals surface area contributed by atoms with Crippen LogP contribution in [0.15, 0.2) is 65.5 Å². The number of aromatic nitrogens is 3. The zero-order chi connectivity index (χ0) is 25.5. The molecule has 0 N–H and O–H groups in total. The van der Waals surface area contributed by atoms with Crippen molar-refractivity contribution in [3.63, 3.8) is 0 Å². The molecule has 0 radical (unpaired) electrons. The summed E-state index contributed by atoms with van der Waals surface area (Å²) in [5, 5.41) is 4.61. The molecular formula is C29H28N4O4. The highest BCUT2D eigenvalue weighted by Crippen LogP contribution is 2.31. The van der Waals surface area contributed by atoms with Gasteiger partial charge in [0.15, 0.2) is 5.78 Å². The Labute approximate surface area is 214 Å². The average Bonchev–Trinajstić information content (AvgIpc) is 3.55. The van der Waals surface area contributed by atoms with Crippen LogP contribution in [0.1, 0.15) is 58.5 Å². The van der Waals surface area contributed by atoms with Gasteiger partial charge in [-0.2, -0.15) is 9.61 Å². The van der Waals surface area contributed by atoms with E-state index in [1.165, 1.54) is 10.9 Å². The Bertz CT molecular complexity index is 1550. The van der Waals surface area contributed by atoms with Crippen LogP contribution >= 0.6 is 0 Å². The number of methoxy groups -OCH3 is 1. The van der Waals surface area contributed by atoms with E-state index < -0.39 is 0 Å². The second-order valence-corrected chi connectivity index (χ2v) is 9.76. The standard InChI is InChI=1S/C29H28N4O4/c1-37-22-14-12-20(13-15-22)25(34)18-32-26-16-24(19-8-4-2-5-9-19)30-33(26)28(35)23-17-31(29(36)27(23)32)21-10-6-3-7-11-21/h2,4-5,8-9,12-16,21H,3,6-7,10-11,17-18H2,1H3. The van der Waals surface area contributed by atoms with Crippen molar-refractivity contribution in [2.75, 3.05) is 7.11 Å². The number of ether oxygens (including phenoxy) is 1. The first-order valence-corrected chi connectivity index (χ1v) is 12.7. The van der Waals surface area contributed by atoms with Crippen molar-refractivity contribution in [1.82, 2.24) is 19.1 Å². The lowest BCUT2D eigenvalue weighted by atomic mass is 9.94. The Balaban J connectivity index is 1.48. The highest BCUT2D eigenvalue weighted by molar-refractivity contribution is 6.00. The number of amides is 1. The first-order valence-electron chi connectivity index (χ1n) is 12.7. The smallest absolute Gasteiger partial charge is 0.280 e. The first-order chi connectivity index (χ1) is 18.0. The molecular weight excluding hydrogens is 468 g/mol. The average molecular weight is 497 g/mol. The van der Waals surface area contributed by atoms with E-state index in [4.69, 9.17) is 4.74 Å². The molecule has 1 amide bonds. The highest BCUT2D eigenvalue weighted by Gasteiger charge is 2.38. The van der Waals surface area contributed by atoms with Crippen molar-refractivity contribution in [3.05, 3.63) is 87.8 Å². The van der Waals surface area contributed by atoms with Crippen LogP contribution in [0.25, 0.3) is 16.9 Å². The Hall–Kier alpha value is -4.20. The van der Waals surface area contributed by atoms with Crippen LogP contribution in [0.5, 0.6) is 5.75 Å². The van der Waals surface area contributed by atoms with Gasteiger partial charge in [0.1, 0.15) is 17.1 Å². The van der Waals surface area contributed by atoms with Gasteiger partial charge in [0.25, 0.3) is 11.5 Å². The number of rotatable bonds is 6. The molecule has 2 aromatic heterocycles. The molecule has 2 aromatic carbocycles. The summed E-state index contributed by atoms with van der Waals surface area (Å²) in [4.78, 5) is 42.7. The van der Waals surface area contributed by atoms with Gasteiger partial charge >= 0.3 is 0 Å². The van der Waals surface area contributed by atoms with Crippen LogP contribution in [-0.4, -0.2) is 43.9 Å². The first kappa shape index (κ1) is 23.2. The van der Waals surface area contributed by atoms with Gasteiger partial charge in [-0.1, -0.05) is 49.6 Å². The van der Waals surface area contributed by atoms with E-state index in [2.05, 4.69) is 5.10 Å². The number of benzene rings is 2. The number of nitrogens with zero attached hydrogens (tertiary/aromatic N) is 4. The molecule has 0 atom stereocenters. The summed E-state index contributed by atoms with van der Waals surface area (Å²) in [6.45, 7) is 0.174. The van der Waals surface area contributed by atoms with Gasteiger partial charge in [0.05, 0.1) is 31.5 Å². The van der Waals surface area contributed by atoms with E-state index in [1.54, 1.807) is 42.0 Å². The van der Waals surface area contributed by atoms with Gasteiger partial charge < -0.3 is 14.2 Å². The van der Waals surface area contributed by atoms with Crippen molar-refractivity contribution < 1.29 is 14.3 Å². The van der Waals surface area contributed by atoms with Crippen LogP contribution in [0.4, 0.5) is 0 Å². The Morgan fingerprint density at radius 3 is 2.43 bits per heavy atom. The summed E-state index contributed by atoms with van der Waals surface area (Å²) < 4.78 is 8.25. The maximum absolute atomic E-state index is 13.8. The molecule has 6 rings (SSSR count). The molecule has 4 aromatic rings. The number of fused-ring (bicyclic) bond motifs is 2. The second-order valence-electron chi connectivity index (χ2n) is 9.76. The molecule has 8 nitrogen and oxygen atoms in total. The predicted octanol–water partition coefficient (Wildman–Crippen LogP) is 4.34. The van der Waals surface area contributed by atoms with Crippen LogP contribution in [-0.2, 0) is 13.1 Å². The fourth-order valence-corrected chi connectivity index (χ4v) is 5.59. The van der Waals surface area contributed by atoms with E-state index in [-0.39, 0.29) is 36.4 Å². The van der Waals surface area contributed by atoms with Gasteiger partial charge in [-0.25, -0.2) is 0 Å². The van der Waals surface area contributed by atoms with Crippen molar-refractivity contribution in [1.29, 1.82) is 0 Å². The normalized spacial score (nSPS) is 15.8. The fraction of sp³-hybridized carbons (Fsp3) is 0.310. The van der Waals surface area contributed by atoms with E-state index in [9.17, 15) is 14.4 Å². The molecule has 1 saturated carbocycles. The topological polar surface area (TPSA) is 85.9 Å². The van der Waals surface area contributed by atoms with Crippen molar-refractivity contribution in [2.45, 2.75) is 51.2 Å². The quantitative estimate of drug-likeness (QED) is 0.371. The molecule has 2 aliphatic rings. The van der Waals surface area contributed by atoms with Crippen LogP contribution < -0.4 is 10.3 Å². The number of ketones is 1. The Kier molecular flexibility index (Phi) is 5.87. The minimum absolute atomic E-state index is 0.0807. The lowest BCUT2D eigenvalue weighted by Gasteiger charge is -2.30. The van der Waals surface area contributed by atoms with Gasteiger partial charge in [-0.3, -0.25) is 14.4 Å². The Morgan fingerprint density at radius 1 is 1.00 bits per heavy atom. The minimum atomic E-state index is -0.299. The van der Waals surface area contributed by atoms with Gasteiger partial charge in [-0.05, 0) is 37.1 Å². The van der Waals surface area contributed by atoms with Crippen molar-refractivity contribution >= 4 is 17.3 Å². The molecule has 3 heterocycles. The van der Waals surface area contributed by atoms with Crippen LogP contribution in [0.2, 0.25) is 0 Å². The molecule has 0 saturated heterocycles. The number of carbonyl (C=O) groups is 2. The molecule has 0 bridgehead atoms. The lowest BCUT2D eigenvalue weighted by molar-refractivity contribution is 0.0652. The van der Waals surface area contributed by atoms with Crippen LogP contribution in [0, 0.1) is 0 Å². The zero-order valence-electron chi connectivity index (χ0n) is 20.7. The van der Waals surface area contributed by atoms with Gasteiger partial charge in [-0.15, -0.1) is 0 Å². The SMILES string of the molecule is COc1ccc(C(=O)Cn2c3c(c(=O)n4nc(-c5ccccc5)cc24)CN(C2CCCCC2)C3=O)cc1. The third kappa shape index (κ3) is 4.02. The summed E-state index contributed by atoms with van der Waals surface area (Å²) in [6.07, 6.45) is 5.20. The minimum Gasteiger partial charge on any atom is -0.497 e. The summed E-state index contributed by atoms with van der Waals surface area (Å²) in [5.41, 5.74) is 2.83. The molecule has 1 aliphatic heterocycles. The van der Waals surface area contributed by atoms with E-state index >= 15 is 0 Å². The number of hydrogen-bond acceptors (Lipinski definition) is 5. The molecule has 1 aliphatic carbocycles. The summed E-state index contributed by atoms with van der Waals surface area (Å²) in [7, 11) is 1.57. The van der Waals surface area contributed by atoms with Crippen molar-refractivity contribution in [2.24, 2.45) is 0 Å². The molecule has 37 heavy (non-hydrogen) atoms. The summed E-state index contributed by atoms with van der Waals surface area (Å²) >= 11 is 0. The monoisotopic (exact) mass is 496 g/mol. The highest BCUT2D eigenvalue weighted by atomic mass is 16.5. The molecule has 188 valence electrons. The third-order valence-corrected chi connectivity index (χ3v) is 7.56. The van der Waals surface area contributed by atoms with E-state index in [0.717, 1.165) is 31.2 Å². The number of carbonyl (C=O) groups excluding carboxylic acids is 2. The van der Waals surface area contributed by atoms with E-state index in [0.29, 0.717) is 33.9 Å².